The van der Waals surface area contributed by atoms with Crippen molar-refractivity contribution in [3.8, 4) is 0 Å². The Labute approximate surface area is 103 Å². The third kappa shape index (κ3) is 3.36. The Morgan fingerprint density at radius 3 is 2.47 bits per heavy atom. The Hall–Kier alpha value is -1.23. The first-order valence-electron chi connectivity index (χ1n) is 5.43. The molecular formula is C12H20N2O2S. The first kappa shape index (κ1) is 13.8. The van der Waals surface area contributed by atoms with E-state index >= 15 is 0 Å². The number of sulfone groups is 1. The summed E-state index contributed by atoms with van der Waals surface area (Å²) >= 11 is 0. The number of aryl methyl sites for hydroxylation is 1. The van der Waals surface area contributed by atoms with Crippen molar-refractivity contribution >= 4 is 21.2 Å². The molecule has 1 rings (SSSR count). The van der Waals surface area contributed by atoms with Crippen LogP contribution in [0.5, 0.6) is 0 Å². The summed E-state index contributed by atoms with van der Waals surface area (Å²) in [5.74, 6) is 0. The second kappa shape index (κ2) is 4.56. The molecule has 0 saturated carbocycles. The molecule has 0 amide bonds. The lowest BCUT2D eigenvalue weighted by molar-refractivity contribution is 0.560. The Morgan fingerprint density at radius 2 is 1.94 bits per heavy atom. The van der Waals surface area contributed by atoms with Gasteiger partial charge in [-0.05, 0) is 38.5 Å². The first-order chi connectivity index (χ1) is 7.63. The Kier molecular flexibility index (Phi) is 3.71. The summed E-state index contributed by atoms with van der Waals surface area (Å²) < 4.78 is 22.3. The van der Waals surface area contributed by atoms with Crippen LogP contribution in [0.15, 0.2) is 18.2 Å². The maximum atomic E-state index is 11.6. The maximum absolute atomic E-state index is 11.6. The molecule has 0 bridgehead atoms. The SMILES string of the molecule is Cc1ccc(N)cc1NCC(C)(C)S(C)(=O)=O. The summed E-state index contributed by atoms with van der Waals surface area (Å²) in [7, 11) is -3.09. The van der Waals surface area contributed by atoms with Crippen molar-refractivity contribution in [1.29, 1.82) is 0 Å². The molecule has 1 aromatic carbocycles. The zero-order valence-corrected chi connectivity index (χ0v) is 11.6. The summed E-state index contributed by atoms with van der Waals surface area (Å²) in [6.45, 7) is 5.72. The van der Waals surface area contributed by atoms with E-state index in [-0.39, 0.29) is 0 Å². The molecule has 0 radical (unpaired) electrons. The minimum absolute atomic E-state index is 0.357. The molecule has 0 aromatic heterocycles. The van der Waals surface area contributed by atoms with Gasteiger partial charge in [0.2, 0.25) is 0 Å². The third-order valence-electron chi connectivity index (χ3n) is 2.97. The van der Waals surface area contributed by atoms with Crippen LogP contribution in [-0.4, -0.2) is 26.0 Å². The van der Waals surface area contributed by atoms with E-state index in [2.05, 4.69) is 5.32 Å². The Morgan fingerprint density at radius 1 is 1.35 bits per heavy atom. The van der Waals surface area contributed by atoms with Crippen LogP contribution in [0.2, 0.25) is 0 Å². The molecular weight excluding hydrogens is 236 g/mol. The standard InChI is InChI=1S/C12H20N2O2S/c1-9-5-6-10(13)7-11(9)14-8-12(2,3)17(4,15)16/h5-7,14H,8,13H2,1-4H3. The molecule has 0 heterocycles. The van der Waals surface area contributed by atoms with Gasteiger partial charge in [-0.2, -0.15) is 0 Å². The van der Waals surface area contributed by atoms with Gasteiger partial charge in [0, 0.05) is 24.2 Å². The van der Waals surface area contributed by atoms with E-state index in [1.54, 1.807) is 13.8 Å². The zero-order chi connectivity index (χ0) is 13.3. The van der Waals surface area contributed by atoms with Crippen molar-refractivity contribution in [3.05, 3.63) is 23.8 Å². The third-order valence-corrected chi connectivity index (χ3v) is 5.12. The van der Waals surface area contributed by atoms with Crippen molar-refractivity contribution in [2.24, 2.45) is 0 Å². The molecule has 0 spiro atoms. The number of anilines is 2. The number of nitrogens with two attached hydrogens (primary N) is 1. The van der Waals surface area contributed by atoms with Crippen molar-refractivity contribution in [3.63, 3.8) is 0 Å². The summed E-state index contributed by atoms with van der Waals surface area (Å²) in [5.41, 5.74) is 8.28. The fraction of sp³-hybridized carbons (Fsp3) is 0.500. The van der Waals surface area contributed by atoms with Crippen LogP contribution < -0.4 is 11.1 Å². The predicted molar refractivity (Wildman–Crippen MR) is 73.0 cm³/mol. The van der Waals surface area contributed by atoms with Gasteiger partial charge in [-0.3, -0.25) is 0 Å². The molecule has 0 aliphatic heterocycles. The molecule has 0 aliphatic carbocycles. The quantitative estimate of drug-likeness (QED) is 0.806. The van der Waals surface area contributed by atoms with Gasteiger partial charge in [-0.1, -0.05) is 6.07 Å². The molecule has 5 heteroatoms. The smallest absolute Gasteiger partial charge is 0.154 e. The van der Waals surface area contributed by atoms with E-state index < -0.39 is 14.6 Å². The monoisotopic (exact) mass is 256 g/mol. The molecule has 1 aromatic rings. The summed E-state index contributed by atoms with van der Waals surface area (Å²) in [4.78, 5) is 0. The van der Waals surface area contributed by atoms with E-state index in [9.17, 15) is 8.42 Å². The molecule has 0 saturated heterocycles. The molecule has 17 heavy (non-hydrogen) atoms. The highest BCUT2D eigenvalue weighted by molar-refractivity contribution is 7.92. The van der Waals surface area contributed by atoms with Gasteiger partial charge in [0.25, 0.3) is 0 Å². The minimum Gasteiger partial charge on any atom is -0.399 e. The van der Waals surface area contributed by atoms with Crippen LogP contribution in [0, 0.1) is 6.92 Å². The van der Waals surface area contributed by atoms with E-state index in [0.29, 0.717) is 12.2 Å². The number of hydrogen-bond donors (Lipinski definition) is 2. The Balaban J connectivity index is 2.84. The normalized spacial score (nSPS) is 12.5. The molecule has 3 N–H and O–H groups in total. The highest BCUT2D eigenvalue weighted by atomic mass is 32.2. The number of hydrogen-bond acceptors (Lipinski definition) is 4. The first-order valence-corrected chi connectivity index (χ1v) is 7.32. The molecule has 4 nitrogen and oxygen atoms in total. The van der Waals surface area contributed by atoms with Crippen molar-refractivity contribution in [2.75, 3.05) is 23.9 Å². The number of nitrogens with one attached hydrogen (secondary N) is 1. The van der Waals surface area contributed by atoms with Crippen molar-refractivity contribution in [1.82, 2.24) is 0 Å². The average Bonchev–Trinajstić information content (AvgIpc) is 2.18. The van der Waals surface area contributed by atoms with Crippen molar-refractivity contribution < 1.29 is 8.42 Å². The lowest BCUT2D eigenvalue weighted by Crippen LogP contribution is -2.38. The second-order valence-electron chi connectivity index (χ2n) is 4.96. The highest BCUT2D eigenvalue weighted by Gasteiger charge is 2.29. The van der Waals surface area contributed by atoms with Gasteiger partial charge < -0.3 is 11.1 Å². The number of rotatable bonds is 4. The summed E-state index contributed by atoms with van der Waals surface area (Å²) in [5, 5.41) is 3.14. The van der Waals surface area contributed by atoms with Gasteiger partial charge in [-0.25, -0.2) is 8.42 Å². The van der Waals surface area contributed by atoms with Gasteiger partial charge in [-0.15, -0.1) is 0 Å². The van der Waals surface area contributed by atoms with Crippen LogP contribution in [-0.2, 0) is 9.84 Å². The minimum atomic E-state index is -3.09. The van der Waals surface area contributed by atoms with Crippen LogP contribution in [0.4, 0.5) is 11.4 Å². The van der Waals surface area contributed by atoms with Gasteiger partial charge in [0.15, 0.2) is 9.84 Å². The van der Waals surface area contributed by atoms with Gasteiger partial charge in [0.1, 0.15) is 0 Å². The van der Waals surface area contributed by atoms with E-state index in [1.807, 2.05) is 25.1 Å². The van der Waals surface area contributed by atoms with Crippen LogP contribution in [0.1, 0.15) is 19.4 Å². The van der Waals surface area contributed by atoms with E-state index in [0.717, 1.165) is 11.3 Å². The molecule has 96 valence electrons. The number of benzene rings is 1. The van der Waals surface area contributed by atoms with E-state index in [4.69, 9.17) is 5.73 Å². The molecule has 0 aliphatic rings. The van der Waals surface area contributed by atoms with Crippen molar-refractivity contribution in [2.45, 2.75) is 25.5 Å². The summed E-state index contributed by atoms with van der Waals surface area (Å²) in [6, 6.07) is 5.54. The van der Waals surface area contributed by atoms with Crippen LogP contribution in [0.3, 0.4) is 0 Å². The lowest BCUT2D eigenvalue weighted by Gasteiger charge is -2.24. The fourth-order valence-corrected chi connectivity index (χ4v) is 1.60. The fourth-order valence-electron chi connectivity index (χ4n) is 1.27. The maximum Gasteiger partial charge on any atom is 0.154 e. The Bertz CT molecular complexity index is 507. The highest BCUT2D eigenvalue weighted by Crippen LogP contribution is 2.21. The van der Waals surface area contributed by atoms with E-state index in [1.165, 1.54) is 6.26 Å². The largest absolute Gasteiger partial charge is 0.399 e. The summed E-state index contributed by atoms with van der Waals surface area (Å²) in [6.07, 6.45) is 1.25. The van der Waals surface area contributed by atoms with Crippen LogP contribution in [0.25, 0.3) is 0 Å². The second-order valence-corrected chi connectivity index (χ2v) is 7.61. The molecule has 0 unspecified atom stereocenters. The predicted octanol–water partition coefficient (Wildman–Crippen LogP) is 1.81. The van der Waals surface area contributed by atoms with Crippen LogP contribution >= 0.6 is 0 Å². The average molecular weight is 256 g/mol. The topological polar surface area (TPSA) is 72.2 Å². The van der Waals surface area contributed by atoms with Gasteiger partial charge >= 0.3 is 0 Å². The molecule has 0 fully saturated rings. The molecule has 0 atom stereocenters. The number of nitrogen functional groups attached to an aromatic ring is 1. The zero-order valence-electron chi connectivity index (χ0n) is 10.7. The van der Waals surface area contributed by atoms with Gasteiger partial charge in [0.05, 0.1) is 4.75 Å². The lowest BCUT2D eigenvalue weighted by atomic mass is 10.1.